The lowest BCUT2D eigenvalue weighted by Crippen LogP contribution is -2.06. The Balaban J connectivity index is 1.94. The van der Waals surface area contributed by atoms with E-state index in [-0.39, 0.29) is 23.0 Å². The molecule has 25 heavy (non-hydrogen) atoms. The topological polar surface area (TPSA) is 124 Å². The lowest BCUT2D eigenvalue weighted by Gasteiger charge is -1.99. The Morgan fingerprint density at radius 1 is 0.680 bits per heavy atom. The average molecular weight is 342 g/mol. The molecule has 4 N–H and O–H groups in total. The van der Waals surface area contributed by atoms with Crippen LogP contribution in [0.15, 0.2) is 48.6 Å². The highest BCUT2D eigenvalue weighted by molar-refractivity contribution is 5.99. The molecule has 2 aromatic rings. The van der Waals surface area contributed by atoms with Gasteiger partial charge in [-0.1, -0.05) is 12.1 Å². The van der Waals surface area contributed by atoms with Gasteiger partial charge in [-0.25, -0.2) is 9.59 Å². The van der Waals surface area contributed by atoms with E-state index < -0.39 is 11.9 Å². The third kappa shape index (κ3) is 5.14. The highest BCUT2D eigenvalue weighted by Gasteiger charge is 2.05. The van der Waals surface area contributed by atoms with Gasteiger partial charge in [-0.3, -0.25) is 0 Å². The molecule has 0 spiro atoms. The summed E-state index contributed by atoms with van der Waals surface area (Å²) in [6, 6.07) is 7.88. The zero-order valence-electron chi connectivity index (χ0n) is 12.8. The van der Waals surface area contributed by atoms with Crippen LogP contribution in [0.3, 0.4) is 0 Å². The smallest absolute Gasteiger partial charge is 0.338 e. The van der Waals surface area contributed by atoms with Crippen LogP contribution in [0, 0.1) is 0 Å². The largest absolute Gasteiger partial charge is 0.504 e. The van der Waals surface area contributed by atoms with Crippen LogP contribution < -0.4 is 0 Å². The summed E-state index contributed by atoms with van der Waals surface area (Å²) in [7, 11) is 0. The average Bonchev–Trinajstić information content (AvgIpc) is 2.57. The molecule has 0 fully saturated rings. The van der Waals surface area contributed by atoms with Crippen LogP contribution in [0.25, 0.3) is 12.2 Å². The van der Waals surface area contributed by atoms with Crippen LogP contribution in [0.5, 0.6) is 23.0 Å². The first kappa shape index (κ1) is 17.6. The number of esters is 2. The third-order valence-electron chi connectivity index (χ3n) is 3.02. The Hall–Kier alpha value is -3.74. The minimum Gasteiger partial charge on any atom is -0.504 e. The van der Waals surface area contributed by atoms with E-state index in [2.05, 4.69) is 4.74 Å². The number of phenolic OH excluding ortho intramolecular Hbond substituents is 4. The van der Waals surface area contributed by atoms with Crippen molar-refractivity contribution >= 4 is 24.1 Å². The normalized spacial score (nSPS) is 11.0. The summed E-state index contributed by atoms with van der Waals surface area (Å²) in [6.07, 6.45) is 4.58. The summed E-state index contributed by atoms with van der Waals surface area (Å²) in [5.74, 6) is -3.11. The van der Waals surface area contributed by atoms with Gasteiger partial charge >= 0.3 is 11.9 Å². The molecule has 128 valence electrons. The minimum absolute atomic E-state index is 0.291. The van der Waals surface area contributed by atoms with Crippen molar-refractivity contribution in [3.63, 3.8) is 0 Å². The number of benzene rings is 2. The van der Waals surface area contributed by atoms with Gasteiger partial charge in [-0.2, -0.15) is 0 Å². The van der Waals surface area contributed by atoms with Crippen LogP contribution in [0.2, 0.25) is 0 Å². The summed E-state index contributed by atoms with van der Waals surface area (Å²) in [4.78, 5) is 23.1. The molecular formula is C18H14O7. The van der Waals surface area contributed by atoms with Crippen molar-refractivity contribution in [1.29, 1.82) is 0 Å². The van der Waals surface area contributed by atoms with Crippen molar-refractivity contribution in [2.45, 2.75) is 0 Å². The molecule has 7 nitrogen and oxygen atoms in total. The van der Waals surface area contributed by atoms with Crippen molar-refractivity contribution in [2.75, 3.05) is 0 Å². The molecule has 0 aromatic heterocycles. The molecule has 0 atom stereocenters. The summed E-state index contributed by atoms with van der Waals surface area (Å²) >= 11 is 0. The van der Waals surface area contributed by atoms with E-state index in [1.54, 1.807) is 0 Å². The third-order valence-corrected chi connectivity index (χ3v) is 3.02. The number of hydrogen-bond acceptors (Lipinski definition) is 7. The number of carbonyl (C=O) groups is 2. The molecule has 0 saturated carbocycles. The maximum atomic E-state index is 11.5. The zero-order valence-corrected chi connectivity index (χ0v) is 12.8. The van der Waals surface area contributed by atoms with Gasteiger partial charge in [-0.05, 0) is 47.5 Å². The lowest BCUT2D eigenvalue weighted by molar-refractivity contribution is -0.152. The number of aromatic hydroxyl groups is 4. The molecule has 0 bridgehead atoms. The van der Waals surface area contributed by atoms with Gasteiger partial charge in [-0.15, -0.1) is 0 Å². The predicted molar refractivity (Wildman–Crippen MR) is 88.7 cm³/mol. The van der Waals surface area contributed by atoms with Crippen LogP contribution in [0.1, 0.15) is 11.1 Å². The molecule has 0 aliphatic heterocycles. The number of carbonyl (C=O) groups excluding carboxylic acids is 2. The Morgan fingerprint density at radius 2 is 1.08 bits per heavy atom. The predicted octanol–water partition coefficient (Wildman–Crippen LogP) is 2.31. The Morgan fingerprint density at radius 3 is 1.44 bits per heavy atom. The summed E-state index contributed by atoms with van der Waals surface area (Å²) < 4.78 is 4.53. The standard InChI is InChI=1S/C18H14O7/c19-13-5-1-11(9-15(13)21)3-7-17(23)25-18(24)8-4-12-2-6-14(20)16(22)10-12/h1-10,19-22H/b7-3+,8-4?. The molecule has 2 rings (SSSR count). The first-order chi connectivity index (χ1) is 11.8. The van der Waals surface area contributed by atoms with Gasteiger partial charge in [0.2, 0.25) is 0 Å². The van der Waals surface area contributed by atoms with Crippen LogP contribution >= 0.6 is 0 Å². The highest BCUT2D eigenvalue weighted by atomic mass is 16.6. The summed E-state index contributed by atoms with van der Waals surface area (Å²) in [5, 5.41) is 37.0. The van der Waals surface area contributed by atoms with E-state index in [9.17, 15) is 30.0 Å². The molecule has 0 radical (unpaired) electrons. The van der Waals surface area contributed by atoms with Gasteiger partial charge in [0.25, 0.3) is 0 Å². The van der Waals surface area contributed by atoms with E-state index >= 15 is 0 Å². The maximum absolute atomic E-state index is 11.5. The fourth-order valence-electron chi connectivity index (χ4n) is 1.78. The van der Waals surface area contributed by atoms with Crippen molar-refractivity contribution in [3.8, 4) is 23.0 Å². The second-order valence-corrected chi connectivity index (χ2v) is 4.90. The molecule has 0 amide bonds. The molecule has 2 aromatic carbocycles. The molecule has 0 unspecified atom stereocenters. The SMILES string of the molecule is O=C(C=Cc1ccc(O)c(O)c1)OC(=O)/C=C/c1ccc(O)c(O)c1. The fraction of sp³-hybridized carbons (Fsp3) is 0. The van der Waals surface area contributed by atoms with Gasteiger partial charge in [0.1, 0.15) is 0 Å². The quantitative estimate of drug-likeness (QED) is 0.291. The van der Waals surface area contributed by atoms with Crippen molar-refractivity contribution in [2.24, 2.45) is 0 Å². The monoisotopic (exact) mass is 342 g/mol. The van der Waals surface area contributed by atoms with Gasteiger partial charge in [0.15, 0.2) is 23.0 Å². The van der Waals surface area contributed by atoms with E-state index in [4.69, 9.17) is 0 Å². The molecule has 0 aliphatic carbocycles. The van der Waals surface area contributed by atoms with Crippen molar-refractivity contribution in [3.05, 3.63) is 59.7 Å². The number of ether oxygens (including phenoxy) is 1. The molecule has 0 heterocycles. The van der Waals surface area contributed by atoms with Crippen LogP contribution in [0.4, 0.5) is 0 Å². The number of phenols is 4. The first-order valence-electron chi connectivity index (χ1n) is 7.01. The highest BCUT2D eigenvalue weighted by Crippen LogP contribution is 2.26. The summed E-state index contributed by atoms with van der Waals surface area (Å²) in [6.45, 7) is 0. The Bertz CT molecular complexity index is 794. The second-order valence-electron chi connectivity index (χ2n) is 4.90. The van der Waals surface area contributed by atoms with Crippen LogP contribution in [-0.4, -0.2) is 32.4 Å². The van der Waals surface area contributed by atoms with Crippen molar-refractivity contribution in [1.82, 2.24) is 0 Å². The summed E-state index contributed by atoms with van der Waals surface area (Å²) in [5.41, 5.74) is 0.851. The van der Waals surface area contributed by atoms with E-state index in [0.29, 0.717) is 11.1 Å². The molecule has 0 aliphatic rings. The molecule has 0 saturated heterocycles. The van der Waals surface area contributed by atoms with E-state index in [1.807, 2.05) is 0 Å². The van der Waals surface area contributed by atoms with Gasteiger partial charge in [0, 0.05) is 12.2 Å². The Labute approximate surface area is 142 Å². The van der Waals surface area contributed by atoms with Crippen molar-refractivity contribution < 1.29 is 34.8 Å². The Kier molecular flexibility index (Phi) is 5.42. The molecule has 7 heteroatoms. The number of hydrogen-bond donors (Lipinski definition) is 4. The zero-order chi connectivity index (χ0) is 18.4. The maximum Gasteiger partial charge on any atom is 0.338 e. The van der Waals surface area contributed by atoms with Crippen LogP contribution in [-0.2, 0) is 14.3 Å². The van der Waals surface area contributed by atoms with E-state index in [1.165, 1.54) is 48.6 Å². The van der Waals surface area contributed by atoms with Gasteiger partial charge in [0.05, 0.1) is 0 Å². The number of rotatable bonds is 4. The van der Waals surface area contributed by atoms with E-state index in [0.717, 1.165) is 12.2 Å². The van der Waals surface area contributed by atoms with Gasteiger partial charge < -0.3 is 25.2 Å². The fourth-order valence-corrected chi connectivity index (χ4v) is 1.78. The second kappa shape index (κ2) is 7.69. The minimum atomic E-state index is -0.921. The lowest BCUT2D eigenvalue weighted by atomic mass is 10.2. The first-order valence-corrected chi connectivity index (χ1v) is 7.01. The molecular weight excluding hydrogens is 328 g/mol.